The van der Waals surface area contributed by atoms with Crippen LogP contribution in [0.4, 0.5) is 8.78 Å². The first kappa shape index (κ1) is 12.4. The summed E-state index contributed by atoms with van der Waals surface area (Å²) in [5, 5.41) is 8.34. The van der Waals surface area contributed by atoms with Crippen LogP contribution in [0.1, 0.15) is 11.1 Å². The van der Waals surface area contributed by atoms with Crippen LogP contribution >= 0.6 is 0 Å². The fraction of sp³-hybridized carbons (Fsp3) is 0.364. The Morgan fingerprint density at radius 2 is 2.12 bits per heavy atom. The predicted octanol–water partition coefficient (Wildman–Crippen LogP) is 2.27. The summed E-state index contributed by atoms with van der Waals surface area (Å²) in [7, 11) is 1.43. The number of carbonyl (C=O) groups is 1. The molecule has 0 atom stereocenters. The summed E-state index contributed by atoms with van der Waals surface area (Å²) < 4.78 is 31.0. The molecule has 0 unspecified atom stereocenters. The molecule has 0 bridgehead atoms. The van der Waals surface area contributed by atoms with Crippen molar-refractivity contribution in [1.29, 1.82) is 0 Å². The van der Waals surface area contributed by atoms with Gasteiger partial charge in [0.25, 0.3) is 0 Å². The molecule has 0 aliphatic carbocycles. The predicted molar refractivity (Wildman–Crippen MR) is 54.0 cm³/mol. The van der Waals surface area contributed by atoms with E-state index in [1.807, 2.05) is 0 Å². The van der Waals surface area contributed by atoms with Gasteiger partial charge in [0.15, 0.2) is 0 Å². The molecule has 0 heterocycles. The number of aliphatic carboxylic acids is 1. The number of benzene rings is 1. The Morgan fingerprint density at radius 1 is 1.50 bits per heavy atom. The van der Waals surface area contributed by atoms with Crippen LogP contribution < -0.4 is 4.74 Å². The second-order valence-electron chi connectivity index (χ2n) is 3.43. The Hall–Kier alpha value is -1.65. The summed E-state index contributed by atoms with van der Waals surface area (Å²) in [5.41, 5.74) is 0.803. The van der Waals surface area contributed by atoms with Crippen LogP contribution in [-0.4, -0.2) is 24.1 Å². The number of hydrogen-bond donors (Lipinski definition) is 1. The smallest absolute Gasteiger partial charge is 0.374 e. The van der Waals surface area contributed by atoms with Gasteiger partial charge in [-0.25, -0.2) is 4.79 Å². The van der Waals surface area contributed by atoms with E-state index >= 15 is 0 Å². The van der Waals surface area contributed by atoms with Crippen molar-refractivity contribution in [2.24, 2.45) is 0 Å². The molecule has 0 saturated heterocycles. The maximum atomic E-state index is 13.0. The van der Waals surface area contributed by atoms with Crippen molar-refractivity contribution in [3.05, 3.63) is 29.3 Å². The van der Waals surface area contributed by atoms with Crippen molar-refractivity contribution >= 4 is 5.97 Å². The van der Waals surface area contributed by atoms with E-state index in [1.165, 1.54) is 13.2 Å². The van der Waals surface area contributed by atoms with Crippen LogP contribution in [-0.2, 0) is 11.2 Å². The monoisotopic (exact) mass is 230 g/mol. The number of methoxy groups -OCH3 is 1. The van der Waals surface area contributed by atoms with Crippen molar-refractivity contribution in [2.75, 3.05) is 7.11 Å². The minimum atomic E-state index is -3.75. The molecule has 1 rings (SSSR count). The average Bonchev–Trinajstić information content (AvgIpc) is 2.20. The first-order valence-corrected chi connectivity index (χ1v) is 4.62. The first-order chi connectivity index (χ1) is 7.38. The van der Waals surface area contributed by atoms with E-state index in [1.54, 1.807) is 19.1 Å². The van der Waals surface area contributed by atoms with Gasteiger partial charge in [-0.05, 0) is 24.1 Å². The molecule has 5 heteroatoms. The largest absolute Gasteiger partial charge is 0.496 e. The molecule has 0 aliphatic heterocycles. The molecule has 0 fully saturated rings. The second kappa shape index (κ2) is 4.47. The van der Waals surface area contributed by atoms with E-state index in [0.29, 0.717) is 11.3 Å². The fourth-order valence-electron chi connectivity index (χ4n) is 1.39. The summed E-state index contributed by atoms with van der Waals surface area (Å²) in [5.74, 6) is -5.40. The van der Waals surface area contributed by atoms with Gasteiger partial charge in [0.05, 0.1) is 7.11 Å². The maximum Gasteiger partial charge on any atom is 0.374 e. The van der Waals surface area contributed by atoms with Crippen molar-refractivity contribution in [3.8, 4) is 5.75 Å². The van der Waals surface area contributed by atoms with E-state index in [2.05, 4.69) is 0 Å². The number of hydrogen-bond acceptors (Lipinski definition) is 2. The zero-order valence-corrected chi connectivity index (χ0v) is 8.96. The highest BCUT2D eigenvalue weighted by atomic mass is 19.3. The van der Waals surface area contributed by atoms with Gasteiger partial charge in [-0.3, -0.25) is 0 Å². The molecule has 0 aliphatic rings. The molecule has 3 nitrogen and oxygen atoms in total. The molecule has 1 aromatic rings. The zero-order valence-electron chi connectivity index (χ0n) is 8.96. The molecule has 88 valence electrons. The summed E-state index contributed by atoms with van der Waals surface area (Å²) >= 11 is 0. The Morgan fingerprint density at radius 3 is 2.62 bits per heavy atom. The lowest BCUT2D eigenvalue weighted by atomic mass is 10.0. The molecule has 0 aromatic heterocycles. The quantitative estimate of drug-likeness (QED) is 0.863. The topological polar surface area (TPSA) is 46.5 Å². The molecule has 16 heavy (non-hydrogen) atoms. The van der Waals surface area contributed by atoms with Gasteiger partial charge < -0.3 is 9.84 Å². The van der Waals surface area contributed by atoms with E-state index in [0.717, 1.165) is 0 Å². The standard InChI is InChI=1S/C11H12F2O3/c1-7-8(4-3-5-9(7)16-2)6-11(12,13)10(14)15/h3-5H,6H2,1-2H3,(H,14,15). The lowest BCUT2D eigenvalue weighted by Crippen LogP contribution is -2.30. The highest BCUT2D eigenvalue weighted by molar-refractivity contribution is 5.75. The third-order valence-electron chi connectivity index (χ3n) is 2.34. The second-order valence-corrected chi connectivity index (χ2v) is 3.43. The number of ether oxygens (including phenoxy) is 1. The van der Waals surface area contributed by atoms with Crippen LogP contribution in [0.2, 0.25) is 0 Å². The van der Waals surface area contributed by atoms with Crippen molar-refractivity contribution in [2.45, 2.75) is 19.3 Å². The third kappa shape index (κ3) is 2.48. The number of halogens is 2. The van der Waals surface area contributed by atoms with Gasteiger partial charge in [-0.15, -0.1) is 0 Å². The molecular weight excluding hydrogens is 218 g/mol. The Balaban J connectivity index is 3.02. The van der Waals surface area contributed by atoms with Gasteiger partial charge in [0, 0.05) is 6.42 Å². The minimum absolute atomic E-state index is 0.270. The van der Waals surface area contributed by atoms with Crippen LogP contribution in [0, 0.1) is 6.92 Å². The average molecular weight is 230 g/mol. The number of rotatable bonds is 4. The molecular formula is C11H12F2O3. The molecule has 0 radical (unpaired) electrons. The van der Waals surface area contributed by atoms with Crippen molar-refractivity contribution in [3.63, 3.8) is 0 Å². The van der Waals surface area contributed by atoms with Crippen LogP contribution in [0.15, 0.2) is 18.2 Å². The molecule has 1 N–H and O–H groups in total. The van der Waals surface area contributed by atoms with Crippen molar-refractivity contribution < 1.29 is 23.4 Å². The fourth-order valence-corrected chi connectivity index (χ4v) is 1.39. The van der Waals surface area contributed by atoms with Gasteiger partial charge in [-0.2, -0.15) is 8.78 Å². The molecule has 0 saturated carbocycles. The van der Waals surface area contributed by atoms with E-state index in [-0.39, 0.29) is 5.56 Å². The summed E-state index contributed by atoms with van der Waals surface area (Å²) in [4.78, 5) is 10.3. The SMILES string of the molecule is COc1cccc(CC(F)(F)C(=O)O)c1C. The molecule has 1 aromatic carbocycles. The van der Waals surface area contributed by atoms with Gasteiger partial charge >= 0.3 is 11.9 Å². The van der Waals surface area contributed by atoms with Crippen LogP contribution in [0.25, 0.3) is 0 Å². The van der Waals surface area contributed by atoms with Crippen LogP contribution in [0.3, 0.4) is 0 Å². The summed E-state index contributed by atoms with van der Waals surface area (Å²) in [6.45, 7) is 1.62. The Labute approximate surface area is 91.7 Å². The summed E-state index contributed by atoms with van der Waals surface area (Å²) in [6, 6.07) is 4.66. The number of carboxylic acid groups (broad SMARTS) is 1. The maximum absolute atomic E-state index is 13.0. The van der Waals surface area contributed by atoms with E-state index < -0.39 is 18.3 Å². The highest BCUT2D eigenvalue weighted by Gasteiger charge is 2.39. The summed E-state index contributed by atoms with van der Waals surface area (Å²) in [6.07, 6.45) is -0.828. The van der Waals surface area contributed by atoms with Gasteiger partial charge in [0.1, 0.15) is 5.75 Å². The van der Waals surface area contributed by atoms with Gasteiger partial charge in [-0.1, -0.05) is 12.1 Å². The van der Waals surface area contributed by atoms with Crippen LogP contribution in [0.5, 0.6) is 5.75 Å². The Kier molecular flexibility index (Phi) is 3.47. The third-order valence-corrected chi connectivity index (χ3v) is 2.34. The first-order valence-electron chi connectivity index (χ1n) is 4.62. The van der Waals surface area contributed by atoms with Crippen molar-refractivity contribution in [1.82, 2.24) is 0 Å². The van der Waals surface area contributed by atoms with E-state index in [4.69, 9.17) is 9.84 Å². The normalized spacial score (nSPS) is 11.2. The Bertz CT molecular complexity index is 402. The van der Waals surface area contributed by atoms with Gasteiger partial charge in [0.2, 0.25) is 0 Å². The highest BCUT2D eigenvalue weighted by Crippen LogP contribution is 2.27. The van der Waals surface area contributed by atoms with E-state index in [9.17, 15) is 13.6 Å². The molecule has 0 spiro atoms. The zero-order chi connectivity index (χ0) is 12.3. The number of carboxylic acids is 1. The lowest BCUT2D eigenvalue weighted by Gasteiger charge is -2.14. The minimum Gasteiger partial charge on any atom is -0.496 e. The molecule has 0 amide bonds. The number of alkyl halides is 2. The lowest BCUT2D eigenvalue weighted by molar-refractivity contribution is -0.164.